The van der Waals surface area contributed by atoms with Gasteiger partial charge in [0.1, 0.15) is 0 Å². The predicted molar refractivity (Wildman–Crippen MR) is 75.7 cm³/mol. The first kappa shape index (κ1) is 15.4. The van der Waals surface area contributed by atoms with Crippen LogP contribution in [0.25, 0.3) is 0 Å². The zero-order valence-corrected chi connectivity index (χ0v) is 12.1. The van der Waals surface area contributed by atoms with E-state index in [1.165, 1.54) is 36.4 Å². The van der Waals surface area contributed by atoms with Crippen molar-refractivity contribution < 1.29 is 29.4 Å². The molecule has 0 atom stereocenters. The van der Waals surface area contributed by atoms with E-state index in [1.807, 2.05) is 0 Å². The molecule has 0 fully saturated rings. The van der Waals surface area contributed by atoms with Crippen molar-refractivity contribution in [2.24, 2.45) is 0 Å². The smallest absolute Gasteiger partial charge is 0.261 e. The molecule has 0 saturated heterocycles. The fourth-order valence-electron chi connectivity index (χ4n) is 2.49. The van der Waals surface area contributed by atoms with Gasteiger partial charge in [-0.3, -0.25) is 14.5 Å². The molecule has 7 nitrogen and oxygen atoms in total. The van der Waals surface area contributed by atoms with E-state index in [0.29, 0.717) is 5.56 Å². The quantitative estimate of drug-likeness (QED) is 0.680. The maximum atomic E-state index is 12.3. The van der Waals surface area contributed by atoms with Gasteiger partial charge in [-0.15, -0.1) is 0 Å². The van der Waals surface area contributed by atoms with E-state index in [2.05, 4.69) is 0 Å². The Kier molecular flexibility index (Phi) is 3.61. The number of carboxylic acids is 2. The number of nitrogens with zero attached hydrogens (tertiary/aromatic N) is 1. The molecule has 0 aromatic heterocycles. The lowest BCUT2D eigenvalue weighted by Gasteiger charge is -2.14. The van der Waals surface area contributed by atoms with Crippen molar-refractivity contribution in [2.45, 2.75) is 6.54 Å². The van der Waals surface area contributed by atoms with Crippen molar-refractivity contribution in [3.05, 3.63) is 70.3 Å². The maximum absolute atomic E-state index is 12.3. The first-order valence-corrected chi connectivity index (χ1v) is 6.90. The number of hydrogen-bond acceptors (Lipinski definition) is 6. The molecule has 0 saturated carbocycles. The van der Waals surface area contributed by atoms with E-state index in [1.54, 1.807) is 0 Å². The molecule has 0 unspecified atom stereocenters. The van der Waals surface area contributed by atoms with Gasteiger partial charge in [0.15, 0.2) is 0 Å². The highest BCUT2D eigenvalue weighted by molar-refractivity contribution is 6.21. The summed E-state index contributed by atoms with van der Waals surface area (Å²) in [5.74, 6) is -3.91. The molecule has 0 radical (unpaired) electrons. The summed E-state index contributed by atoms with van der Waals surface area (Å²) in [5, 5.41) is 21.6. The van der Waals surface area contributed by atoms with Crippen LogP contribution in [0, 0.1) is 0 Å². The van der Waals surface area contributed by atoms with Crippen LogP contribution >= 0.6 is 0 Å². The van der Waals surface area contributed by atoms with Crippen molar-refractivity contribution >= 4 is 23.8 Å². The molecule has 1 aliphatic rings. The highest BCUT2D eigenvalue weighted by Crippen LogP contribution is 2.25. The number of benzene rings is 2. The Bertz CT molecular complexity index is 884. The van der Waals surface area contributed by atoms with Gasteiger partial charge in [0.25, 0.3) is 11.8 Å². The third kappa shape index (κ3) is 2.52. The number of rotatable bonds is 4. The summed E-state index contributed by atoms with van der Waals surface area (Å²) in [6.07, 6.45) is 0. The summed E-state index contributed by atoms with van der Waals surface area (Å²) < 4.78 is 0. The van der Waals surface area contributed by atoms with E-state index in [4.69, 9.17) is 0 Å². The molecule has 0 aliphatic carbocycles. The van der Waals surface area contributed by atoms with Gasteiger partial charge in [0.2, 0.25) is 0 Å². The average Bonchev–Trinajstić information content (AvgIpc) is 2.80. The summed E-state index contributed by atoms with van der Waals surface area (Å²) in [6, 6.07) is 9.18. The second-order valence-electron chi connectivity index (χ2n) is 5.23. The van der Waals surface area contributed by atoms with Crippen LogP contribution < -0.4 is 10.2 Å². The van der Waals surface area contributed by atoms with E-state index in [9.17, 15) is 29.4 Å². The van der Waals surface area contributed by atoms with Gasteiger partial charge in [-0.1, -0.05) is 30.3 Å². The molecular weight excluding hydrogens is 314 g/mol. The molecular formula is C17H9NO6-2. The second kappa shape index (κ2) is 5.62. The number of carbonyl (C=O) groups excluding carboxylic acids is 4. The van der Waals surface area contributed by atoms with Crippen molar-refractivity contribution in [3.63, 3.8) is 0 Å². The monoisotopic (exact) mass is 323 g/mol. The molecule has 2 amide bonds. The zero-order chi connectivity index (χ0) is 17.4. The van der Waals surface area contributed by atoms with Crippen LogP contribution in [0.1, 0.15) is 47.0 Å². The van der Waals surface area contributed by atoms with Gasteiger partial charge in [-0.2, -0.15) is 0 Å². The molecule has 2 aromatic carbocycles. The number of carbonyl (C=O) groups is 4. The molecule has 1 heterocycles. The van der Waals surface area contributed by atoms with Crippen LogP contribution in [0.3, 0.4) is 0 Å². The molecule has 2 aromatic rings. The summed E-state index contributed by atoms with van der Waals surface area (Å²) in [6.45, 7) is -0.0552. The Morgan fingerprint density at radius 1 is 0.792 bits per heavy atom. The Hall–Kier alpha value is -3.48. The Labute approximate surface area is 135 Å². The van der Waals surface area contributed by atoms with Crippen molar-refractivity contribution in [2.75, 3.05) is 0 Å². The van der Waals surface area contributed by atoms with E-state index >= 15 is 0 Å². The van der Waals surface area contributed by atoms with Crippen molar-refractivity contribution in [3.8, 4) is 0 Å². The zero-order valence-electron chi connectivity index (χ0n) is 12.1. The predicted octanol–water partition coefficient (Wildman–Crippen LogP) is -0.790. The highest BCUT2D eigenvalue weighted by atomic mass is 16.4. The summed E-state index contributed by atoms with van der Waals surface area (Å²) in [7, 11) is 0. The van der Waals surface area contributed by atoms with E-state index in [0.717, 1.165) is 11.0 Å². The van der Waals surface area contributed by atoms with Crippen LogP contribution in [0.15, 0.2) is 42.5 Å². The normalized spacial score (nSPS) is 13.1. The highest BCUT2D eigenvalue weighted by Gasteiger charge is 2.35. The summed E-state index contributed by atoms with van der Waals surface area (Å²) in [4.78, 5) is 47.2. The lowest BCUT2D eigenvalue weighted by atomic mass is 10.1. The van der Waals surface area contributed by atoms with Crippen LogP contribution in [0.2, 0.25) is 0 Å². The van der Waals surface area contributed by atoms with E-state index in [-0.39, 0.29) is 28.8 Å². The Morgan fingerprint density at radius 3 is 1.92 bits per heavy atom. The number of fused-ring (bicyclic) bond motifs is 1. The molecule has 1 aliphatic heterocycles. The molecule has 7 heteroatoms. The number of imide groups is 1. The van der Waals surface area contributed by atoms with Crippen LogP contribution in [-0.2, 0) is 6.54 Å². The Morgan fingerprint density at radius 2 is 1.33 bits per heavy atom. The van der Waals surface area contributed by atoms with Crippen LogP contribution in [0.5, 0.6) is 0 Å². The lowest BCUT2D eigenvalue weighted by molar-refractivity contribution is -0.256. The molecule has 0 N–H and O–H groups in total. The SMILES string of the molecule is O=C([O-])c1ccc(CN2C(=O)c3ccc(C(=O)[O-])cc3C2=O)cc1. The van der Waals surface area contributed by atoms with Gasteiger partial charge in [0, 0.05) is 0 Å². The fourth-order valence-corrected chi connectivity index (χ4v) is 2.49. The third-order valence-electron chi connectivity index (χ3n) is 3.74. The summed E-state index contributed by atoms with van der Waals surface area (Å²) in [5.41, 5.74) is 0.480. The third-order valence-corrected chi connectivity index (χ3v) is 3.74. The second-order valence-corrected chi connectivity index (χ2v) is 5.23. The molecule has 3 rings (SSSR count). The van der Waals surface area contributed by atoms with Crippen molar-refractivity contribution in [1.82, 2.24) is 4.90 Å². The van der Waals surface area contributed by atoms with Gasteiger partial charge in [-0.05, 0) is 28.8 Å². The number of hydrogen-bond donors (Lipinski definition) is 0. The minimum atomic E-state index is -1.44. The largest absolute Gasteiger partial charge is 0.545 e. The van der Waals surface area contributed by atoms with Crippen LogP contribution in [-0.4, -0.2) is 28.7 Å². The average molecular weight is 323 g/mol. The van der Waals surface area contributed by atoms with E-state index < -0.39 is 23.8 Å². The topological polar surface area (TPSA) is 118 Å². The Balaban J connectivity index is 1.88. The number of amides is 2. The maximum Gasteiger partial charge on any atom is 0.261 e. The summed E-state index contributed by atoms with van der Waals surface area (Å²) >= 11 is 0. The standard InChI is InChI=1S/C17H11NO6/c19-14-12-6-5-11(17(23)24)7-13(12)15(20)18(14)8-9-1-3-10(4-2-9)16(21)22/h1-7H,8H2,(H,21,22)(H,23,24)/p-2. The first-order valence-electron chi connectivity index (χ1n) is 6.90. The van der Waals surface area contributed by atoms with Gasteiger partial charge < -0.3 is 19.8 Å². The van der Waals surface area contributed by atoms with Crippen molar-refractivity contribution in [1.29, 1.82) is 0 Å². The van der Waals surface area contributed by atoms with Gasteiger partial charge in [-0.25, -0.2) is 0 Å². The number of carboxylic acid groups (broad SMARTS) is 2. The lowest BCUT2D eigenvalue weighted by Crippen LogP contribution is -2.29. The molecule has 120 valence electrons. The fraction of sp³-hybridized carbons (Fsp3) is 0.0588. The first-order chi connectivity index (χ1) is 11.4. The minimum Gasteiger partial charge on any atom is -0.545 e. The molecule has 0 bridgehead atoms. The number of aromatic carboxylic acids is 2. The molecule has 24 heavy (non-hydrogen) atoms. The van der Waals surface area contributed by atoms with Gasteiger partial charge in [0.05, 0.1) is 29.6 Å². The minimum absolute atomic E-state index is 0.00746. The van der Waals surface area contributed by atoms with Crippen LogP contribution in [0.4, 0.5) is 0 Å². The van der Waals surface area contributed by atoms with Gasteiger partial charge >= 0.3 is 0 Å². The molecule has 0 spiro atoms.